The van der Waals surface area contributed by atoms with Gasteiger partial charge in [-0.15, -0.1) is 0 Å². The van der Waals surface area contributed by atoms with E-state index in [0.29, 0.717) is 6.10 Å². The van der Waals surface area contributed by atoms with Crippen LogP contribution in [-0.4, -0.2) is 15.1 Å². The molecule has 0 saturated heterocycles. The maximum Gasteiger partial charge on any atom is 0.205 e. The minimum absolute atomic E-state index is 0.506. The topological polar surface area (TPSA) is 9.23 Å². The second-order valence-corrected chi connectivity index (χ2v) is 7.63. The van der Waals surface area contributed by atoms with Crippen molar-refractivity contribution in [2.75, 3.05) is 0 Å². The molecule has 0 amide bonds. The number of rotatable bonds is 4. The quantitative estimate of drug-likeness (QED) is 0.657. The zero-order valence-corrected chi connectivity index (χ0v) is 11.3. The van der Waals surface area contributed by atoms with E-state index in [1.165, 1.54) is 51.4 Å². The molecule has 87 valence electrons. The molecule has 1 nitrogen and oxygen atoms in total. The van der Waals surface area contributed by atoms with E-state index < -0.39 is 9.04 Å². The van der Waals surface area contributed by atoms with E-state index in [4.69, 9.17) is 4.43 Å². The molecule has 0 heterocycles. The van der Waals surface area contributed by atoms with E-state index in [-0.39, 0.29) is 0 Å². The highest BCUT2D eigenvalue weighted by molar-refractivity contribution is 6.48. The molecule has 2 aliphatic carbocycles. The van der Waals surface area contributed by atoms with E-state index in [0.717, 1.165) is 11.8 Å². The second kappa shape index (κ2) is 5.49. The van der Waals surface area contributed by atoms with Gasteiger partial charge in [-0.2, -0.15) is 0 Å². The van der Waals surface area contributed by atoms with E-state index in [1.807, 2.05) is 0 Å². The van der Waals surface area contributed by atoms with Crippen molar-refractivity contribution in [1.29, 1.82) is 0 Å². The summed E-state index contributed by atoms with van der Waals surface area (Å²) in [7, 11) is -0.506. The highest BCUT2D eigenvalue weighted by atomic mass is 28.3. The van der Waals surface area contributed by atoms with Crippen LogP contribution in [0.4, 0.5) is 0 Å². The van der Waals surface area contributed by atoms with E-state index in [9.17, 15) is 0 Å². The Morgan fingerprint density at radius 3 is 1.60 bits per heavy atom. The molecule has 0 aliphatic heterocycles. The van der Waals surface area contributed by atoms with Crippen LogP contribution >= 0.6 is 0 Å². The fourth-order valence-electron chi connectivity index (χ4n) is 3.42. The molecule has 15 heavy (non-hydrogen) atoms. The van der Waals surface area contributed by atoms with Gasteiger partial charge in [-0.25, -0.2) is 0 Å². The van der Waals surface area contributed by atoms with Crippen molar-refractivity contribution in [1.82, 2.24) is 0 Å². The Labute approximate surface area is 96.3 Å². The Hall–Kier alpha value is 0.177. The molecule has 2 rings (SSSR count). The van der Waals surface area contributed by atoms with Crippen molar-refractivity contribution >= 4 is 9.04 Å². The molecule has 0 atom stereocenters. The molecule has 2 aliphatic rings. The first kappa shape index (κ1) is 11.7. The first-order valence-electron chi connectivity index (χ1n) is 6.74. The van der Waals surface area contributed by atoms with Gasteiger partial charge < -0.3 is 4.43 Å². The van der Waals surface area contributed by atoms with Gasteiger partial charge >= 0.3 is 0 Å². The molecule has 2 fully saturated rings. The van der Waals surface area contributed by atoms with Gasteiger partial charge in [-0.1, -0.05) is 25.7 Å². The minimum atomic E-state index is -0.506. The first-order chi connectivity index (χ1) is 7.27. The summed E-state index contributed by atoms with van der Waals surface area (Å²) in [6.07, 6.45) is 12.2. The van der Waals surface area contributed by atoms with Gasteiger partial charge in [0.25, 0.3) is 0 Å². The number of hydrogen-bond acceptors (Lipinski definition) is 1. The van der Waals surface area contributed by atoms with Crippen LogP contribution in [0.2, 0.25) is 13.1 Å². The van der Waals surface area contributed by atoms with Gasteiger partial charge in [0.15, 0.2) is 0 Å². The Kier molecular flexibility index (Phi) is 4.27. The van der Waals surface area contributed by atoms with Crippen molar-refractivity contribution < 1.29 is 4.43 Å². The van der Waals surface area contributed by atoms with E-state index >= 15 is 0 Å². The summed E-state index contributed by atoms with van der Waals surface area (Å²) in [4.78, 5) is 0. The highest BCUT2D eigenvalue weighted by Crippen LogP contribution is 2.39. The lowest BCUT2D eigenvalue weighted by atomic mass is 9.89. The second-order valence-electron chi connectivity index (χ2n) is 5.58. The molecule has 1 radical (unpaired) electrons. The monoisotopic (exact) mass is 225 g/mol. The smallest absolute Gasteiger partial charge is 0.205 e. The lowest BCUT2D eigenvalue weighted by Gasteiger charge is -2.31. The first-order valence-corrected chi connectivity index (χ1v) is 9.15. The predicted octanol–water partition coefficient (Wildman–Crippen LogP) is 4.00. The average Bonchev–Trinajstić information content (AvgIpc) is 2.87. The third-order valence-corrected chi connectivity index (χ3v) is 4.84. The fraction of sp³-hybridized carbons (Fsp3) is 1.00. The average molecular weight is 225 g/mol. The third kappa shape index (κ3) is 3.07. The van der Waals surface area contributed by atoms with Crippen LogP contribution in [0.1, 0.15) is 51.4 Å². The summed E-state index contributed by atoms with van der Waals surface area (Å²) in [5.74, 6) is 1.82. The molecule has 0 N–H and O–H groups in total. The van der Waals surface area contributed by atoms with Crippen LogP contribution < -0.4 is 0 Å². The van der Waals surface area contributed by atoms with Crippen LogP contribution in [0.3, 0.4) is 0 Å². The fourth-order valence-corrected chi connectivity index (χ4v) is 4.35. The maximum atomic E-state index is 6.32. The van der Waals surface area contributed by atoms with Crippen molar-refractivity contribution in [3.8, 4) is 0 Å². The molecule has 0 aromatic carbocycles. The Morgan fingerprint density at radius 2 is 1.27 bits per heavy atom. The van der Waals surface area contributed by atoms with E-state index in [2.05, 4.69) is 13.1 Å². The van der Waals surface area contributed by atoms with Crippen molar-refractivity contribution in [2.45, 2.75) is 70.6 Å². The molecule has 0 aromatic rings. The molecule has 0 bridgehead atoms. The molecule has 0 unspecified atom stereocenters. The maximum absolute atomic E-state index is 6.32. The lowest BCUT2D eigenvalue weighted by molar-refractivity contribution is 0.0784. The van der Waals surface area contributed by atoms with Gasteiger partial charge in [-0.05, 0) is 50.6 Å². The summed E-state index contributed by atoms with van der Waals surface area (Å²) >= 11 is 0. The summed E-state index contributed by atoms with van der Waals surface area (Å²) < 4.78 is 6.32. The van der Waals surface area contributed by atoms with Crippen LogP contribution in [0.25, 0.3) is 0 Å². The van der Waals surface area contributed by atoms with Crippen molar-refractivity contribution in [3.05, 3.63) is 0 Å². The highest BCUT2D eigenvalue weighted by Gasteiger charge is 2.34. The van der Waals surface area contributed by atoms with Gasteiger partial charge in [0.1, 0.15) is 0 Å². The molecular formula is C13H25OSi. The van der Waals surface area contributed by atoms with Crippen molar-refractivity contribution in [2.24, 2.45) is 11.8 Å². The lowest BCUT2D eigenvalue weighted by Crippen LogP contribution is -2.33. The Bertz CT molecular complexity index is 165. The Balaban J connectivity index is 1.94. The summed E-state index contributed by atoms with van der Waals surface area (Å²) in [5, 5.41) is 0. The van der Waals surface area contributed by atoms with Crippen LogP contribution in [-0.2, 0) is 4.43 Å². The summed E-state index contributed by atoms with van der Waals surface area (Å²) in [6, 6.07) is 0. The SMILES string of the molecule is C[Si](C)OC(C1CCCC1)C1CCCC1. The van der Waals surface area contributed by atoms with Gasteiger partial charge in [0.2, 0.25) is 9.04 Å². The van der Waals surface area contributed by atoms with E-state index in [1.54, 1.807) is 0 Å². The molecular weight excluding hydrogens is 200 g/mol. The normalized spacial score (nSPS) is 24.8. The van der Waals surface area contributed by atoms with Crippen LogP contribution in [0.5, 0.6) is 0 Å². The molecule has 0 spiro atoms. The van der Waals surface area contributed by atoms with Crippen LogP contribution in [0, 0.1) is 11.8 Å². The largest absolute Gasteiger partial charge is 0.414 e. The zero-order valence-electron chi connectivity index (χ0n) is 10.3. The standard InChI is InChI=1S/C13H25OSi/c1-15(2)14-13(11-7-3-4-8-11)12-9-5-6-10-12/h11-13H,3-10H2,1-2H3. The van der Waals surface area contributed by atoms with Gasteiger partial charge in [0.05, 0.1) is 6.10 Å². The van der Waals surface area contributed by atoms with Crippen molar-refractivity contribution in [3.63, 3.8) is 0 Å². The van der Waals surface area contributed by atoms with Gasteiger partial charge in [-0.3, -0.25) is 0 Å². The molecule has 2 heteroatoms. The Morgan fingerprint density at radius 1 is 0.867 bits per heavy atom. The number of hydrogen-bond donors (Lipinski definition) is 0. The van der Waals surface area contributed by atoms with Crippen LogP contribution in [0.15, 0.2) is 0 Å². The molecule has 2 saturated carbocycles. The third-order valence-electron chi connectivity index (χ3n) is 4.10. The zero-order chi connectivity index (χ0) is 10.7. The van der Waals surface area contributed by atoms with Gasteiger partial charge in [0, 0.05) is 0 Å². The predicted molar refractivity (Wildman–Crippen MR) is 66.3 cm³/mol. The summed E-state index contributed by atoms with van der Waals surface area (Å²) in [6.45, 7) is 4.59. The summed E-state index contributed by atoms with van der Waals surface area (Å²) in [5.41, 5.74) is 0. The minimum Gasteiger partial charge on any atom is -0.414 e. The molecule has 0 aromatic heterocycles.